The van der Waals surface area contributed by atoms with E-state index in [1.54, 1.807) is 30.3 Å². The molecule has 12 amide bonds. The summed E-state index contributed by atoms with van der Waals surface area (Å²) >= 11 is 1.48. The molecule has 0 bridgehead atoms. The molecule has 648 valence electrons. The van der Waals surface area contributed by atoms with Crippen LogP contribution in [0.4, 0.5) is 0 Å². The third-order valence-corrected chi connectivity index (χ3v) is 21.9. The van der Waals surface area contributed by atoms with Gasteiger partial charge in [-0.3, -0.25) is 62.5 Å². The van der Waals surface area contributed by atoms with Gasteiger partial charge >= 0.3 is 0 Å². The number of benzene rings is 2. The Bertz CT molecular complexity index is 3530. The second kappa shape index (κ2) is 50.8. The Morgan fingerprint density at radius 1 is 0.681 bits per heavy atom. The number of fused-ring (bicyclic) bond motifs is 2. The van der Waals surface area contributed by atoms with E-state index in [2.05, 4.69) is 85.5 Å². The lowest BCUT2D eigenvalue weighted by Crippen LogP contribution is -2.64. The molecule has 2 aromatic rings. The smallest absolute Gasteiger partial charge is 0.248 e. The first kappa shape index (κ1) is 97.9. The van der Waals surface area contributed by atoms with Crippen molar-refractivity contribution in [3.8, 4) is 5.75 Å². The summed E-state index contributed by atoms with van der Waals surface area (Å²) in [4.78, 5) is 176. The summed E-state index contributed by atoms with van der Waals surface area (Å²) in [6.45, 7) is 14.3. The molecule has 0 spiro atoms. The van der Waals surface area contributed by atoms with Crippen molar-refractivity contribution in [2.45, 2.75) is 273 Å². The largest absolute Gasteiger partial charge is 0.508 e. The molecule has 3 saturated heterocycles. The molecule has 0 aromatic heterocycles. The molecule has 116 heavy (non-hydrogen) atoms. The maximum absolute atomic E-state index is 15.4. The summed E-state index contributed by atoms with van der Waals surface area (Å²) in [6, 6.07) is -3.76. The highest BCUT2D eigenvalue weighted by atomic mass is 32.2. The van der Waals surface area contributed by atoms with Crippen LogP contribution in [-0.4, -0.2) is 271 Å². The summed E-state index contributed by atoms with van der Waals surface area (Å²) in [5.74, 6) is -8.73. The van der Waals surface area contributed by atoms with Gasteiger partial charge < -0.3 is 110 Å². The van der Waals surface area contributed by atoms with E-state index in [0.29, 0.717) is 49.7 Å². The number of nitrogens with one attached hydrogen (secondary N) is 10. The predicted molar refractivity (Wildman–Crippen MR) is 437 cm³/mol. The van der Waals surface area contributed by atoms with Gasteiger partial charge in [-0.25, -0.2) is 0 Å². The van der Waals surface area contributed by atoms with E-state index < -0.39 is 200 Å². The molecule has 21 N–H and O–H groups in total. The molecule has 2 aromatic carbocycles. The number of aliphatic imine (C=N–C) groups is 1. The van der Waals surface area contributed by atoms with E-state index in [-0.39, 0.29) is 87.5 Å². The van der Waals surface area contributed by atoms with Crippen molar-refractivity contribution in [1.82, 2.24) is 63.0 Å². The maximum Gasteiger partial charge on any atom is 0.248 e. The SMILES string of the molecule is C=C1CCN2C(=O)C(C(O)CCNC(=O)C(N)CCCCNC(=O)C(Cc3ccccc3)NC(=O)C(CC(C)C)NC(=O)C(CCSC)NC=O)NC(=O)C(C(O)C(O)c3ccc(O)cc3)NC(=O)C3CC(O)CN3C(=O)C(C(C)O)NC(=O)C(NC(=O)CCCCCCCCC(C)CC(C)CC)CC(O)C(C=NCCN)NC(=O)C12. The lowest BCUT2D eigenvalue weighted by atomic mass is 9.91. The zero-order valence-corrected chi connectivity index (χ0v) is 68.9. The van der Waals surface area contributed by atoms with Gasteiger partial charge in [-0.15, -0.1) is 0 Å². The molecule has 0 radical (unpaired) electrons. The van der Waals surface area contributed by atoms with Crippen LogP contribution < -0.4 is 64.6 Å². The number of nitrogens with two attached hydrogens (primary N) is 2. The summed E-state index contributed by atoms with van der Waals surface area (Å²) in [6.07, 6.45) is -0.411. The monoisotopic (exact) mass is 1650 g/mol. The van der Waals surface area contributed by atoms with Crippen molar-refractivity contribution in [2.75, 3.05) is 51.3 Å². The number of hydrogen-bond donors (Lipinski definition) is 19. The van der Waals surface area contributed by atoms with Gasteiger partial charge in [0.15, 0.2) is 0 Å². The van der Waals surface area contributed by atoms with Crippen LogP contribution in [0.2, 0.25) is 0 Å². The molecule has 0 aliphatic carbocycles. The highest BCUT2D eigenvalue weighted by Gasteiger charge is 2.48. The van der Waals surface area contributed by atoms with Gasteiger partial charge in [-0.05, 0) is 123 Å². The zero-order valence-electron chi connectivity index (χ0n) is 68.1. The zero-order chi connectivity index (χ0) is 85.7. The Morgan fingerprint density at radius 2 is 1.31 bits per heavy atom. The fourth-order valence-electron chi connectivity index (χ4n) is 14.4. The fourth-order valence-corrected chi connectivity index (χ4v) is 14.9. The molecule has 35 heteroatoms. The van der Waals surface area contributed by atoms with Crippen molar-refractivity contribution in [2.24, 2.45) is 34.2 Å². The molecule has 3 aliphatic heterocycles. The average Bonchev–Trinajstić information content (AvgIpc) is 1.62. The molecule has 3 heterocycles. The Hall–Kier alpha value is -8.68. The van der Waals surface area contributed by atoms with Gasteiger partial charge in [0.1, 0.15) is 72.3 Å². The summed E-state index contributed by atoms with van der Waals surface area (Å²) in [5, 5.41) is 107. The number of amides is 12. The molecule has 3 aliphatic rings. The first-order chi connectivity index (χ1) is 55.2. The minimum atomic E-state index is -2.39. The molecular formula is C81H129N15O19S. The molecule has 34 nitrogen and oxygen atoms in total. The van der Waals surface area contributed by atoms with Crippen molar-refractivity contribution in [3.05, 3.63) is 77.9 Å². The number of aliphatic hydroxyl groups excluding tert-OH is 6. The standard InChI is InChI=1S/C81H129N15O19S/c1-9-48(4)40-49(5)21-15-12-10-11-13-18-25-65(103)88-60-43-64(102)61(44-84-36-33-82)91-79(113)69-50(6)31-37-95(69)81(115)67(93-78(112)68(71(105)70(104)53-26-28-54(99)29-27-53)94-77(111)62-42-55(100)45-96(62)80(114)66(51(7)98)92-76(60)110)63(101)30-35-86-72(106)56(83)24-19-20-34-85-73(107)59(41-52-22-16-14-17-23-52)90-75(109)58(39-47(2)3)89-74(108)57(87-46-97)32-38-116-8/h14,16-17,22-23,26-29,44,46-49,51,55-64,66-71,98-102,104-105H,6,9-13,15,18-21,24-25,30-43,45,82-83H2,1-5,7-8H3,(H,85,107)(H,86,106)(H,87,97)(H,88,103)(H,89,108)(H,90,109)(H,91,113)(H,92,110)(H,93,112)(H,94,111). The van der Waals surface area contributed by atoms with Gasteiger partial charge in [0.2, 0.25) is 71.4 Å². The molecule has 5 rings (SSSR count). The van der Waals surface area contributed by atoms with Crippen LogP contribution in [0.1, 0.15) is 181 Å². The van der Waals surface area contributed by atoms with E-state index in [9.17, 15) is 83.7 Å². The number of hydrogen-bond acceptors (Lipinski definition) is 23. The number of carbonyl (C=O) groups excluding carboxylic acids is 12. The lowest BCUT2D eigenvalue weighted by Gasteiger charge is -2.34. The number of unbranched alkanes of at least 4 members (excludes halogenated alkanes) is 6. The van der Waals surface area contributed by atoms with Gasteiger partial charge in [0.25, 0.3) is 0 Å². The first-order valence-electron chi connectivity index (χ1n) is 40.7. The molecular weight excluding hydrogens is 1520 g/mol. The fraction of sp³-hybridized carbons (Fsp3) is 0.667. The minimum absolute atomic E-state index is 0.000231. The number of aromatic hydroxyl groups is 1. The molecule has 19 atom stereocenters. The van der Waals surface area contributed by atoms with Gasteiger partial charge in [-0.1, -0.05) is 129 Å². The van der Waals surface area contributed by atoms with Crippen molar-refractivity contribution >= 4 is 89.4 Å². The Labute approximate surface area is 684 Å². The van der Waals surface area contributed by atoms with Gasteiger partial charge in [0, 0.05) is 64.6 Å². The van der Waals surface area contributed by atoms with Gasteiger partial charge in [-0.2, -0.15) is 11.8 Å². The molecule has 3 fully saturated rings. The number of phenolic OH excluding ortho intramolecular Hbond substituents is 1. The topological polar surface area (TPSA) is 538 Å². The summed E-state index contributed by atoms with van der Waals surface area (Å²) in [5.41, 5.74) is 12.9. The Balaban J connectivity index is 1.41. The highest BCUT2D eigenvalue weighted by molar-refractivity contribution is 7.98. The second-order valence-electron chi connectivity index (χ2n) is 31.4. The lowest BCUT2D eigenvalue weighted by molar-refractivity contribution is -0.147. The quantitative estimate of drug-likeness (QED) is 0.0169. The summed E-state index contributed by atoms with van der Waals surface area (Å²) in [7, 11) is 0. The normalized spacial score (nSPS) is 23.3. The van der Waals surface area contributed by atoms with E-state index in [0.717, 1.165) is 79.2 Å². The summed E-state index contributed by atoms with van der Waals surface area (Å²) < 4.78 is 0. The van der Waals surface area contributed by atoms with Crippen LogP contribution in [-0.2, 0) is 64.0 Å². The van der Waals surface area contributed by atoms with E-state index in [4.69, 9.17) is 11.5 Å². The maximum atomic E-state index is 15.4. The van der Waals surface area contributed by atoms with Crippen LogP contribution in [0, 0.1) is 17.8 Å². The second-order valence-corrected chi connectivity index (χ2v) is 32.4. The van der Waals surface area contributed by atoms with Crippen molar-refractivity contribution < 1.29 is 93.3 Å². The van der Waals surface area contributed by atoms with Crippen LogP contribution in [0.15, 0.2) is 71.7 Å². The van der Waals surface area contributed by atoms with Crippen LogP contribution in [0.5, 0.6) is 5.75 Å². The number of aliphatic hydroxyl groups is 6. The van der Waals surface area contributed by atoms with E-state index in [1.165, 1.54) is 30.3 Å². The van der Waals surface area contributed by atoms with Crippen LogP contribution in [0.3, 0.4) is 0 Å². The van der Waals surface area contributed by atoms with Gasteiger partial charge in [0.05, 0.1) is 43.0 Å². The Kier molecular flexibility index (Phi) is 42.9. The first-order valence-corrected chi connectivity index (χ1v) is 42.1. The van der Waals surface area contributed by atoms with E-state index in [1.807, 2.05) is 20.1 Å². The molecule has 19 unspecified atom stereocenters. The average molecular weight is 1650 g/mol. The van der Waals surface area contributed by atoms with Crippen molar-refractivity contribution in [3.63, 3.8) is 0 Å². The van der Waals surface area contributed by atoms with Crippen LogP contribution in [0.25, 0.3) is 0 Å². The number of nitrogens with zero attached hydrogens (tertiary/aromatic N) is 3. The highest BCUT2D eigenvalue weighted by Crippen LogP contribution is 2.29. The minimum Gasteiger partial charge on any atom is -0.508 e. The molecule has 0 saturated carbocycles. The number of carbonyl (C=O) groups is 12. The number of rotatable bonds is 44. The predicted octanol–water partition coefficient (Wildman–Crippen LogP) is -0.696. The van der Waals surface area contributed by atoms with Crippen molar-refractivity contribution in [1.29, 1.82) is 0 Å². The third-order valence-electron chi connectivity index (χ3n) is 21.2. The number of phenols is 1. The third kappa shape index (κ3) is 32.0. The van der Waals surface area contributed by atoms with E-state index >= 15 is 9.59 Å². The van der Waals surface area contributed by atoms with Crippen LogP contribution >= 0.6 is 11.8 Å². The Morgan fingerprint density at radius 3 is 1.97 bits per heavy atom. The number of thioether (sulfide) groups is 1.